The summed E-state index contributed by atoms with van der Waals surface area (Å²) in [5.41, 5.74) is 0. The van der Waals surface area contributed by atoms with E-state index in [4.69, 9.17) is 0 Å². The van der Waals surface area contributed by atoms with Crippen LogP contribution in [-0.4, -0.2) is 0 Å². The Hall–Kier alpha value is 0. The zero-order valence-electron chi connectivity index (χ0n) is 7.40. The van der Waals surface area contributed by atoms with Crippen LogP contribution in [0.4, 0.5) is 0 Å². The molecule has 1 saturated carbocycles. The molecular formula is C10H20. The molecule has 1 fully saturated rings. The second-order valence-electron chi connectivity index (χ2n) is 3.67. The van der Waals surface area contributed by atoms with Gasteiger partial charge >= 0.3 is 0 Å². The largest absolute Gasteiger partial charge is 0.0654 e. The van der Waals surface area contributed by atoms with Gasteiger partial charge in [0.05, 0.1) is 0 Å². The van der Waals surface area contributed by atoms with Gasteiger partial charge in [-0.05, 0) is 24.7 Å². The van der Waals surface area contributed by atoms with Crippen LogP contribution in [0.5, 0.6) is 0 Å². The Labute approximate surface area is 65.0 Å². The quantitative estimate of drug-likeness (QED) is 0.547. The second-order valence-corrected chi connectivity index (χ2v) is 3.67. The van der Waals surface area contributed by atoms with Crippen molar-refractivity contribution in [3.8, 4) is 0 Å². The molecule has 0 saturated heterocycles. The van der Waals surface area contributed by atoms with Crippen LogP contribution < -0.4 is 0 Å². The minimum Gasteiger partial charge on any atom is -0.0654 e. The summed E-state index contributed by atoms with van der Waals surface area (Å²) in [5.74, 6) is 2.23. The Bertz CT molecular complexity index is 76.0. The van der Waals surface area contributed by atoms with E-state index in [9.17, 15) is 0 Å². The van der Waals surface area contributed by atoms with Crippen LogP contribution >= 0.6 is 0 Å². The maximum Gasteiger partial charge on any atom is -0.0386 e. The van der Waals surface area contributed by atoms with Crippen LogP contribution in [0, 0.1) is 11.8 Å². The van der Waals surface area contributed by atoms with Crippen LogP contribution in [0.1, 0.15) is 52.4 Å². The molecule has 60 valence electrons. The number of rotatable bonds is 5. The summed E-state index contributed by atoms with van der Waals surface area (Å²) in [7, 11) is 0. The van der Waals surface area contributed by atoms with Crippen molar-refractivity contribution in [1.82, 2.24) is 0 Å². The van der Waals surface area contributed by atoms with Crippen molar-refractivity contribution in [1.29, 1.82) is 0 Å². The molecule has 0 spiro atoms. The van der Waals surface area contributed by atoms with E-state index in [2.05, 4.69) is 13.8 Å². The maximum absolute atomic E-state index is 2.31. The Balaban J connectivity index is 2.13. The predicted octanol–water partition coefficient (Wildman–Crippen LogP) is 3.61. The molecule has 0 atom stereocenters. The molecular weight excluding hydrogens is 120 g/mol. The van der Waals surface area contributed by atoms with Gasteiger partial charge < -0.3 is 0 Å². The first kappa shape index (κ1) is 8.10. The highest BCUT2D eigenvalue weighted by Crippen LogP contribution is 2.41. The van der Waals surface area contributed by atoms with Crippen molar-refractivity contribution in [3.63, 3.8) is 0 Å². The van der Waals surface area contributed by atoms with Crippen molar-refractivity contribution in [2.75, 3.05) is 0 Å². The molecule has 0 N–H and O–H groups in total. The SMILES string of the molecule is CCCC(CCC)C1CC1. The van der Waals surface area contributed by atoms with E-state index < -0.39 is 0 Å². The molecule has 0 bridgehead atoms. The molecule has 0 aromatic heterocycles. The van der Waals surface area contributed by atoms with Crippen LogP contribution in [-0.2, 0) is 0 Å². The Morgan fingerprint density at radius 3 is 1.90 bits per heavy atom. The molecule has 0 heteroatoms. The highest BCUT2D eigenvalue weighted by molar-refractivity contribution is 4.80. The third-order valence-corrected chi connectivity index (χ3v) is 2.61. The summed E-state index contributed by atoms with van der Waals surface area (Å²) in [6.07, 6.45) is 8.81. The molecule has 10 heavy (non-hydrogen) atoms. The van der Waals surface area contributed by atoms with Gasteiger partial charge in [-0.1, -0.05) is 39.5 Å². The van der Waals surface area contributed by atoms with Crippen LogP contribution in [0.25, 0.3) is 0 Å². The van der Waals surface area contributed by atoms with Crippen molar-refractivity contribution in [2.24, 2.45) is 11.8 Å². The fraction of sp³-hybridized carbons (Fsp3) is 1.00. The minimum absolute atomic E-state index is 1.09. The molecule has 0 amide bonds. The van der Waals surface area contributed by atoms with E-state index in [-0.39, 0.29) is 0 Å². The van der Waals surface area contributed by atoms with E-state index in [0.717, 1.165) is 11.8 Å². The summed E-state index contributed by atoms with van der Waals surface area (Å²) < 4.78 is 0. The summed E-state index contributed by atoms with van der Waals surface area (Å²) in [4.78, 5) is 0. The van der Waals surface area contributed by atoms with Gasteiger partial charge in [0.2, 0.25) is 0 Å². The standard InChI is InChI=1S/C10H20/c1-3-5-9(6-4-2)10-7-8-10/h9-10H,3-8H2,1-2H3. The first-order valence-electron chi connectivity index (χ1n) is 4.88. The van der Waals surface area contributed by atoms with Gasteiger partial charge in [0.25, 0.3) is 0 Å². The summed E-state index contributed by atoms with van der Waals surface area (Å²) in [6, 6.07) is 0. The fourth-order valence-electron chi connectivity index (χ4n) is 1.92. The number of hydrogen-bond acceptors (Lipinski definition) is 0. The third-order valence-electron chi connectivity index (χ3n) is 2.61. The lowest BCUT2D eigenvalue weighted by molar-refractivity contribution is 0.391. The van der Waals surface area contributed by atoms with Gasteiger partial charge in [-0.25, -0.2) is 0 Å². The van der Waals surface area contributed by atoms with E-state index in [1.807, 2.05) is 0 Å². The van der Waals surface area contributed by atoms with Crippen LogP contribution in [0.2, 0.25) is 0 Å². The third kappa shape index (κ3) is 2.32. The monoisotopic (exact) mass is 140 g/mol. The Morgan fingerprint density at radius 1 is 1.10 bits per heavy atom. The van der Waals surface area contributed by atoms with Gasteiger partial charge in [-0.15, -0.1) is 0 Å². The Kier molecular flexibility index (Phi) is 3.24. The van der Waals surface area contributed by atoms with Crippen molar-refractivity contribution >= 4 is 0 Å². The molecule has 1 aliphatic carbocycles. The average molecular weight is 140 g/mol. The minimum atomic E-state index is 1.09. The van der Waals surface area contributed by atoms with Crippen molar-refractivity contribution in [3.05, 3.63) is 0 Å². The lowest BCUT2D eigenvalue weighted by Gasteiger charge is -2.12. The van der Waals surface area contributed by atoms with Gasteiger partial charge in [0.15, 0.2) is 0 Å². The van der Waals surface area contributed by atoms with E-state index >= 15 is 0 Å². The fourth-order valence-corrected chi connectivity index (χ4v) is 1.92. The lowest BCUT2D eigenvalue weighted by Crippen LogP contribution is -2.01. The smallest absolute Gasteiger partial charge is 0.0386 e. The van der Waals surface area contributed by atoms with Gasteiger partial charge in [-0.2, -0.15) is 0 Å². The Morgan fingerprint density at radius 2 is 1.60 bits per heavy atom. The highest BCUT2D eigenvalue weighted by atomic mass is 14.3. The van der Waals surface area contributed by atoms with Crippen molar-refractivity contribution in [2.45, 2.75) is 52.4 Å². The molecule has 0 unspecified atom stereocenters. The molecule has 0 aliphatic heterocycles. The molecule has 1 rings (SSSR count). The predicted molar refractivity (Wildman–Crippen MR) is 46.0 cm³/mol. The summed E-state index contributed by atoms with van der Waals surface area (Å²) in [6.45, 7) is 4.62. The van der Waals surface area contributed by atoms with Crippen LogP contribution in [0.15, 0.2) is 0 Å². The first-order chi connectivity index (χ1) is 4.88. The summed E-state index contributed by atoms with van der Waals surface area (Å²) in [5, 5.41) is 0. The average Bonchev–Trinajstić information content (AvgIpc) is 2.69. The molecule has 0 aromatic carbocycles. The molecule has 0 nitrogen and oxygen atoms in total. The van der Waals surface area contributed by atoms with E-state index in [1.165, 1.54) is 38.5 Å². The zero-order chi connectivity index (χ0) is 7.40. The highest BCUT2D eigenvalue weighted by Gasteiger charge is 2.29. The zero-order valence-corrected chi connectivity index (χ0v) is 7.40. The summed E-state index contributed by atoms with van der Waals surface area (Å²) >= 11 is 0. The molecule has 0 aromatic rings. The van der Waals surface area contributed by atoms with Gasteiger partial charge in [0, 0.05) is 0 Å². The lowest BCUT2D eigenvalue weighted by atomic mass is 9.93. The van der Waals surface area contributed by atoms with Crippen LogP contribution in [0.3, 0.4) is 0 Å². The van der Waals surface area contributed by atoms with Gasteiger partial charge in [0.1, 0.15) is 0 Å². The van der Waals surface area contributed by atoms with Crippen molar-refractivity contribution < 1.29 is 0 Å². The van der Waals surface area contributed by atoms with E-state index in [1.54, 1.807) is 0 Å². The topological polar surface area (TPSA) is 0 Å². The molecule has 0 radical (unpaired) electrons. The second kappa shape index (κ2) is 4.00. The first-order valence-corrected chi connectivity index (χ1v) is 4.88. The van der Waals surface area contributed by atoms with E-state index in [0.29, 0.717) is 0 Å². The number of hydrogen-bond donors (Lipinski definition) is 0. The molecule has 1 aliphatic rings. The molecule has 0 heterocycles. The van der Waals surface area contributed by atoms with Gasteiger partial charge in [-0.3, -0.25) is 0 Å². The maximum atomic E-state index is 2.31. The normalized spacial score (nSPS) is 18.3.